The summed E-state index contributed by atoms with van der Waals surface area (Å²) in [5.41, 5.74) is -0.195. The van der Waals surface area contributed by atoms with Gasteiger partial charge in [0, 0.05) is 29.9 Å². The van der Waals surface area contributed by atoms with E-state index < -0.39 is 11.5 Å². The summed E-state index contributed by atoms with van der Waals surface area (Å²) in [5.74, 6) is 0.116. The Morgan fingerprint density at radius 1 is 1.29 bits per heavy atom. The first-order valence-electron chi connectivity index (χ1n) is 6.73. The van der Waals surface area contributed by atoms with Crippen LogP contribution in [0.5, 0.6) is 11.5 Å². The van der Waals surface area contributed by atoms with Gasteiger partial charge in [0.15, 0.2) is 4.96 Å². The second-order valence-electron chi connectivity index (χ2n) is 4.67. The first kappa shape index (κ1) is 16.3. The molecule has 24 heavy (non-hydrogen) atoms. The molecule has 7 nitrogen and oxygen atoms in total. The average Bonchev–Trinajstić information content (AvgIpc) is 3.05. The van der Waals surface area contributed by atoms with Crippen LogP contribution < -0.4 is 20.3 Å². The summed E-state index contributed by atoms with van der Waals surface area (Å²) in [6.07, 6.45) is 2.82. The van der Waals surface area contributed by atoms with Crippen molar-refractivity contribution in [3.8, 4) is 11.5 Å². The van der Waals surface area contributed by atoms with Crippen molar-refractivity contribution < 1.29 is 14.3 Å². The minimum atomic E-state index is -0.601. The molecule has 1 amide bonds. The highest BCUT2D eigenvalue weighted by molar-refractivity contribution is 7.15. The van der Waals surface area contributed by atoms with Crippen molar-refractivity contribution in [2.24, 2.45) is 0 Å². The van der Waals surface area contributed by atoms with Crippen molar-refractivity contribution >= 4 is 39.5 Å². The van der Waals surface area contributed by atoms with Gasteiger partial charge in [-0.15, -0.1) is 11.3 Å². The maximum Gasteiger partial charge on any atom is 0.271 e. The number of anilines is 1. The third-order valence-electron chi connectivity index (χ3n) is 3.31. The van der Waals surface area contributed by atoms with E-state index in [2.05, 4.69) is 10.3 Å². The third kappa shape index (κ3) is 2.81. The number of rotatable bonds is 4. The van der Waals surface area contributed by atoms with Crippen molar-refractivity contribution in [2.75, 3.05) is 19.5 Å². The fourth-order valence-corrected chi connectivity index (χ4v) is 3.03. The second kappa shape index (κ2) is 6.50. The molecule has 0 radical (unpaired) electrons. The molecule has 3 rings (SSSR count). The van der Waals surface area contributed by atoms with Crippen molar-refractivity contribution in [3.63, 3.8) is 0 Å². The van der Waals surface area contributed by atoms with E-state index in [1.54, 1.807) is 11.6 Å². The molecule has 0 aliphatic heterocycles. The summed E-state index contributed by atoms with van der Waals surface area (Å²) in [5, 5.41) is 4.69. The number of benzene rings is 1. The Hall–Kier alpha value is -2.58. The molecule has 2 aromatic heterocycles. The topological polar surface area (TPSA) is 81.9 Å². The van der Waals surface area contributed by atoms with Crippen LogP contribution in [0.3, 0.4) is 0 Å². The van der Waals surface area contributed by atoms with Gasteiger partial charge in [0.25, 0.3) is 11.5 Å². The number of carbonyl (C=O) groups is 1. The van der Waals surface area contributed by atoms with E-state index in [1.807, 2.05) is 0 Å². The lowest BCUT2D eigenvalue weighted by atomic mass is 10.2. The zero-order valence-corrected chi connectivity index (χ0v) is 14.3. The maximum absolute atomic E-state index is 12.5. The Morgan fingerprint density at radius 2 is 2.04 bits per heavy atom. The Kier molecular flexibility index (Phi) is 4.41. The van der Waals surface area contributed by atoms with Gasteiger partial charge in [-0.05, 0) is 0 Å². The molecule has 0 unspecified atom stereocenters. The van der Waals surface area contributed by atoms with Gasteiger partial charge < -0.3 is 14.8 Å². The molecule has 0 saturated carbocycles. The number of nitrogens with zero attached hydrogens (tertiary/aromatic N) is 2. The summed E-state index contributed by atoms with van der Waals surface area (Å²) >= 11 is 7.34. The van der Waals surface area contributed by atoms with Crippen LogP contribution in [0.25, 0.3) is 4.96 Å². The third-order valence-corrected chi connectivity index (χ3v) is 4.38. The quantitative estimate of drug-likeness (QED) is 0.768. The molecule has 0 bridgehead atoms. The summed E-state index contributed by atoms with van der Waals surface area (Å²) in [6.45, 7) is 0. The number of methoxy groups -OCH3 is 2. The van der Waals surface area contributed by atoms with Crippen molar-refractivity contribution in [1.29, 1.82) is 0 Å². The van der Waals surface area contributed by atoms with Gasteiger partial charge >= 0.3 is 0 Å². The number of hydrogen-bond acceptors (Lipinski definition) is 6. The van der Waals surface area contributed by atoms with E-state index in [4.69, 9.17) is 21.1 Å². The Balaban J connectivity index is 1.99. The normalized spacial score (nSPS) is 10.6. The highest BCUT2D eigenvalue weighted by Gasteiger charge is 2.17. The predicted octanol–water partition coefficient (Wildman–Crippen LogP) is 2.68. The lowest BCUT2D eigenvalue weighted by molar-refractivity contribution is 0.102. The molecular weight excluding hydrogens is 354 g/mol. The van der Waals surface area contributed by atoms with E-state index in [0.717, 1.165) is 0 Å². The number of thiazole rings is 1. The molecule has 124 valence electrons. The number of nitrogens with one attached hydrogen (secondary N) is 1. The van der Waals surface area contributed by atoms with Crippen molar-refractivity contribution in [2.45, 2.75) is 0 Å². The lowest BCUT2D eigenvalue weighted by Gasteiger charge is -2.13. The number of aromatic nitrogens is 2. The summed E-state index contributed by atoms with van der Waals surface area (Å²) < 4.78 is 11.6. The molecular formula is C15H12ClN3O4S. The maximum atomic E-state index is 12.5. The Labute approximate surface area is 145 Å². The van der Waals surface area contributed by atoms with E-state index >= 15 is 0 Å². The van der Waals surface area contributed by atoms with Crippen LogP contribution in [0.15, 0.2) is 34.7 Å². The van der Waals surface area contributed by atoms with Gasteiger partial charge in [-0.25, -0.2) is 4.98 Å². The predicted molar refractivity (Wildman–Crippen MR) is 91.8 cm³/mol. The number of carbonyl (C=O) groups excluding carboxylic acids is 1. The largest absolute Gasteiger partial charge is 0.495 e. The van der Waals surface area contributed by atoms with Gasteiger partial charge in [0.1, 0.15) is 17.1 Å². The van der Waals surface area contributed by atoms with Gasteiger partial charge in [0.2, 0.25) is 0 Å². The van der Waals surface area contributed by atoms with Gasteiger partial charge in [-0.3, -0.25) is 14.0 Å². The number of ether oxygens (including phenoxy) is 2. The fourth-order valence-electron chi connectivity index (χ4n) is 2.13. The Bertz CT molecular complexity index is 982. The van der Waals surface area contributed by atoms with Crippen LogP contribution in [-0.2, 0) is 0 Å². The molecule has 0 atom stereocenters. The van der Waals surface area contributed by atoms with E-state index in [-0.39, 0.29) is 5.56 Å². The van der Waals surface area contributed by atoms with Crippen LogP contribution >= 0.6 is 22.9 Å². The van der Waals surface area contributed by atoms with Crippen LogP contribution in [0, 0.1) is 0 Å². The molecule has 0 aliphatic carbocycles. The van der Waals surface area contributed by atoms with E-state index in [1.165, 1.54) is 48.3 Å². The van der Waals surface area contributed by atoms with Crippen LogP contribution in [0.1, 0.15) is 10.4 Å². The molecule has 0 saturated heterocycles. The van der Waals surface area contributed by atoms with Crippen molar-refractivity contribution in [3.05, 3.63) is 50.8 Å². The number of amides is 1. The molecule has 0 aliphatic rings. The van der Waals surface area contributed by atoms with Gasteiger partial charge in [-0.2, -0.15) is 0 Å². The lowest BCUT2D eigenvalue weighted by Crippen LogP contribution is -2.26. The minimum absolute atomic E-state index is 0.0816. The highest BCUT2D eigenvalue weighted by atomic mass is 35.5. The molecule has 1 aromatic carbocycles. The number of fused-ring (bicyclic) bond motifs is 1. The van der Waals surface area contributed by atoms with Gasteiger partial charge in [-0.1, -0.05) is 11.6 Å². The minimum Gasteiger partial charge on any atom is -0.495 e. The fraction of sp³-hybridized carbons (Fsp3) is 0.133. The highest BCUT2D eigenvalue weighted by Crippen LogP contribution is 2.35. The average molecular weight is 366 g/mol. The molecule has 0 fully saturated rings. The van der Waals surface area contributed by atoms with Crippen LogP contribution in [0.4, 0.5) is 5.69 Å². The van der Waals surface area contributed by atoms with Crippen LogP contribution in [0.2, 0.25) is 5.02 Å². The standard InChI is InChI=1S/C15H12ClN3O4S/c1-22-11-6-10(12(23-2)5-9(11)16)18-13(20)8-7-17-15-19(14(8)21)3-4-24-15/h3-7H,1-2H3,(H,18,20). The van der Waals surface area contributed by atoms with E-state index in [0.29, 0.717) is 27.2 Å². The van der Waals surface area contributed by atoms with Crippen LogP contribution in [-0.4, -0.2) is 29.5 Å². The Morgan fingerprint density at radius 3 is 2.75 bits per heavy atom. The number of hydrogen-bond donors (Lipinski definition) is 1. The second-order valence-corrected chi connectivity index (χ2v) is 5.95. The van der Waals surface area contributed by atoms with E-state index in [9.17, 15) is 9.59 Å². The smallest absolute Gasteiger partial charge is 0.271 e. The molecule has 0 spiro atoms. The summed E-state index contributed by atoms with van der Waals surface area (Å²) in [4.78, 5) is 29.4. The van der Waals surface area contributed by atoms with Gasteiger partial charge in [0.05, 0.1) is 24.9 Å². The zero-order chi connectivity index (χ0) is 17.3. The monoisotopic (exact) mass is 365 g/mol. The SMILES string of the molecule is COc1cc(NC(=O)c2cnc3sccn3c2=O)c(OC)cc1Cl. The molecule has 2 heterocycles. The molecule has 3 aromatic rings. The number of halogens is 1. The van der Waals surface area contributed by atoms with Crippen molar-refractivity contribution in [1.82, 2.24) is 9.38 Å². The first-order chi connectivity index (χ1) is 11.5. The molecule has 9 heteroatoms. The molecule has 1 N–H and O–H groups in total. The zero-order valence-electron chi connectivity index (χ0n) is 12.7. The summed E-state index contributed by atoms with van der Waals surface area (Å²) in [7, 11) is 2.90. The first-order valence-corrected chi connectivity index (χ1v) is 7.98. The summed E-state index contributed by atoms with van der Waals surface area (Å²) in [6, 6.07) is 3.04.